The maximum atomic E-state index is 10.7. The molecule has 6 nitrogen and oxygen atoms in total. The van der Waals surface area contributed by atoms with Gasteiger partial charge in [-0.1, -0.05) is 11.6 Å². The highest BCUT2D eigenvalue weighted by atomic mass is 16.1. The Hall–Kier alpha value is -2.24. The quantitative estimate of drug-likeness (QED) is 0.812. The molecule has 0 aliphatic rings. The minimum atomic E-state index is -0.317. The number of aromatic amines is 1. The number of nitrogens with one attached hydrogen (secondary N) is 1. The van der Waals surface area contributed by atoms with E-state index < -0.39 is 0 Å². The summed E-state index contributed by atoms with van der Waals surface area (Å²) in [7, 11) is 0. The van der Waals surface area contributed by atoms with Gasteiger partial charge in [-0.15, -0.1) is 5.10 Å². The highest BCUT2D eigenvalue weighted by Crippen LogP contribution is 2.19. The molecule has 1 aromatic heterocycles. The fourth-order valence-electron chi connectivity index (χ4n) is 1.78. The lowest BCUT2D eigenvalue weighted by molar-refractivity contribution is -0.117. The number of nitrogens with zero attached hydrogens (tertiary/aromatic N) is 3. The summed E-state index contributed by atoms with van der Waals surface area (Å²) in [6.45, 7) is 2.00. The minimum absolute atomic E-state index is 0.285. The topological polar surface area (TPSA) is 97.6 Å². The van der Waals surface area contributed by atoms with Crippen LogP contribution < -0.4 is 5.73 Å². The molecule has 1 aromatic carbocycles. The predicted octanol–water partition coefficient (Wildman–Crippen LogP) is 0.797. The van der Waals surface area contributed by atoms with Gasteiger partial charge in [-0.2, -0.15) is 0 Å². The van der Waals surface area contributed by atoms with Gasteiger partial charge >= 0.3 is 0 Å². The number of carbonyl (C=O) groups is 1. The number of carbonyl (C=O) groups excluding carboxylic acids is 1. The van der Waals surface area contributed by atoms with Crippen molar-refractivity contribution in [1.29, 1.82) is 0 Å². The van der Waals surface area contributed by atoms with Crippen molar-refractivity contribution in [3.63, 3.8) is 0 Å². The van der Waals surface area contributed by atoms with E-state index >= 15 is 0 Å². The summed E-state index contributed by atoms with van der Waals surface area (Å²) in [4.78, 5) is 10.7. The zero-order valence-electron chi connectivity index (χ0n) is 10.1. The van der Waals surface area contributed by atoms with Gasteiger partial charge in [0.25, 0.3) is 0 Å². The van der Waals surface area contributed by atoms with Gasteiger partial charge in [0.2, 0.25) is 5.91 Å². The molecule has 6 heteroatoms. The fraction of sp³-hybridized carbons (Fsp3) is 0.250. The maximum absolute atomic E-state index is 10.7. The van der Waals surface area contributed by atoms with Gasteiger partial charge in [0, 0.05) is 12.0 Å². The summed E-state index contributed by atoms with van der Waals surface area (Å²) in [6.07, 6.45) is 2.84. The van der Waals surface area contributed by atoms with Crippen LogP contribution in [0.5, 0.6) is 0 Å². The van der Waals surface area contributed by atoms with Gasteiger partial charge in [0.1, 0.15) is 0 Å². The Morgan fingerprint density at radius 1 is 1.44 bits per heavy atom. The van der Waals surface area contributed by atoms with Crippen molar-refractivity contribution in [2.75, 3.05) is 0 Å². The van der Waals surface area contributed by atoms with Gasteiger partial charge < -0.3 is 5.73 Å². The Morgan fingerprint density at radius 3 is 2.94 bits per heavy atom. The highest BCUT2D eigenvalue weighted by molar-refractivity contribution is 5.74. The molecule has 1 radical (unpaired) electrons. The van der Waals surface area contributed by atoms with Gasteiger partial charge in [-0.05, 0) is 47.9 Å². The number of tetrazole rings is 1. The Kier molecular flexibility index (Phi) is 3.66. The van der Waals surface area contributed by atoms with Crippen LogP contribution in [0.1, 0.15) is 17.5 Å². The lowest BCUT2D eigenvalue weighted by atomic mass is 10.0. The van der Waals surface area contributed by atoms with Gasteiger partial charge in [-0.3, -0.25) is 4.79 Å². The molecule has 0 spiro atoms. The normalized spacial score (nSPS) is 10.5. The SMILES string of the molecule is Cc1cc(C[CH]CC(N)=O)cc(-c2nnn[nH]2)c1. The van der Waals surface area contributed by atoms with Gasteiger partial charge in [0.05, 0.1) is 0 Å². The molecule has 0 fully saturated rings. The van der Waals surface area contributed by atoms with E-state index in [1.165, 1.54) is 0 Å². The van der Waals surface area contributed by atoms with Crippen LogP contribution >= 0.6 is 0 Å². The van der Waals surface area contributed by atoms with Crippen molar-refractivity contribution in [2.24, 2.45) is 5.73 Å². The maximum Gasteiger partial charge on any atom is 0.217 e. The van der Waals surface area contributed by atoms with E-state index in [2.05, 4.69) is 26.7 Å². The molecule has 0 bridgehead atoms. The molecule has 2 aromatic rings. The monoisotopic (exact) mass is 244 g/mol. The van der Waals surface area contributed by atoms with Crippen LogP contribution in [0.15, 0.2) is 18.2 Å². The van der Waals surface area contributed by atoms with Crippen molar-refractivity contribution in [1.82, 2.24) is 20.6 Å². The molecule has 1 heterocycles. The number of amides is 1. The Morgan fingerprint density at radius 2 is 2.28 bits per heavy atom. The standard InChI is InChI=1S/C12H14N5O/c1-8-5-9(3-2-4-11(13)18)7-10(6-8)12-14-16-17-15-12/h2,5-7H,3-4H2,1H3,(H2,13,18)(H,14,15,16,17). The average molecular weight is 244 g/mol. The van der Waals surface area contributed by atoms with Crippen molar-refractivity contribution in [3.8, 4) is 11.4 Å². The molecule has 0 aliphatic heterocycles. The molecule has 0 saturated carbocycles. The second-order valence-corrected chi connectivity index (χ2v) is 4.12. The highest BCUT2D eigenvalue weighted by Gasteiger charge is 2.05. The molecule has 0 atom stereocenters. The molecule has 1 amide bonds. The molecule has 3 N–H and O–H groups in total. The first kappa shape index (κ1) is 12.2. The third kappa shape index (κ3) is 3.13. The first-order valence-electron chi connectivity index (χ1n) is 5.60. The Balaban J connectivity index is 2.14. The smallest absolute Gasteiger partial charge is 0.217 e. The van der Waals surface area contributed by atoms with Crippen molar-refractivity contribution >= 4 is 5.91 Å². The zero-order chi connectivity index (χ0) is 13.0. The number of nitrogens with two attached hydrogens (primary N) is 1. The lowest BCUT2D eigenvalue weighted by Gasteiger charge is -2.05. The van der Waals surface area contributed by atoms with Crippen LogP contribution in [-0.4, -0.2) is 26.5 Å². The molecule has 18 heavy (non-hydrogen) atoms. The number of hydrogen-bond donors (Lipinski definition) is 2. The van der Waals surface area contributed by atoms with Crippen molar-refractivity contribution in [2.45, 2.75) is 19.8 Å². The van der Waals surface area contributed by atoms with E-state index in [0.717, 1.165) is 16.7 Å². The molecule has 2 rings (SSSR count). The summed E-state index contributed by atoms with van der Waals surface area (Å²) < 4.78 is 0. The fourth-order valence-corrected chi connectivity index (χ4v) is 1.78. The first-order valence-corrected chi connectivity index (χ1v) is 5.60. The van der Waals surface area contributed by atoms with E-state index in [9.17, 15) is 4.79 Å². The summed E-state index contributed by atoms with van der Waals surface area (Å²) in [5.41, 5.74) is 8.24. The van der Waals surface area contributed by atoms with Crippen molar-refractivity contribution in [3.05, 3.63) is 35.7 Å². The Bertz CT molecular complexity index is 535. The van der Waals surface area contributed by atoms with Gasteiger partial charge in [-0.25, -0.2) is 5.10 Å². The van der Waals surface area contributed by atoms with Gasteiger partial charge in [0.15, 0.2) is 5.82 Å². The molecular formula is C12H14N5O. The minimum Gasteiger partial charge on any atom is -0.370 e. The first-order chi connectivity index (χ1) is 8.65. The molecule has 0 unspecified atom stereocenters. The Labute approximate surface area is 105 Å². The number of aryl methyl sites for hydroxylation is 1. The third-order valence-corrected chi connectivity index (χ3v) is 2.48. The van der Waals surface area contributed by atoms with Crippen LogP contribution in [-0.2, 0) is 11.2 Å². The number of benzene rings is 1. The summed E-state index contributed by atoms with van der Waals surface area (Å²) >= 11 is 0. The number of aromatic nitrogens is 4. The van der Waals surface area contributed by atoms with E-state index in [-0.39, 0.29) is 12.3 Å². The summed E-state index contributed by atoms with van der Waals surface area (Å²) in [5, 5.41) is 13.7. The summed E-state index contributed by atoms with van der Waals surface area (Å²) in [5.74, 6) is 0.317. The summed E-state index contributed by atoms with van der Waals surface area (Å²) in [6, 6.07) is 6.05. The van der Waals surface area contributed by atoms with Crippen LogP contribution in [0.2, 0.25) is 0 Å². The lowest BCUT2D eigenvalue weighted by Crippen LogP contribution is -2.10. The van der Waals surface area contributed by atoms with Crippen LogP contribution in [0.25, 0.3) is 11.4 Å². The molecule has 93 valence electrons. The third-order valence-electron chi connectivity index (χ3n) is 2.48. The molecular weight excluding hydrogens is 230 g/mol. The number of primary amides is 1. The number of hydrogen-bond acceptors (Lipinski definition) is 4. The van der Waals surface area contributed by atoms with Crippen molar-refractivity contribution < 1.29 is 4.79 Å². The predicted molar refractivity (Wildman–Crippen MR) is 66.2 cm³/mol. The largest absolute Gasteiger partial charge is 0.370 e. The van der Waals surface area contributed by atoms with Crippen LogP contribution in [0, 0.1) is 13.3 Å². The second kappa shape index (κ2) is 5.39. The van der Waals surface area contributed by atoms with E-state index in [0.29, 0.717) is 12.2 Å². The van der Waals surface area contributed by atoms with Crippen LogP contribution in [0.4, 0.5) is 0 Å². The van der Waals surface area contributed by atoms with E-state index in [1.807, 2.05) is 25.5 Å². The zero-order valence-corrected chi connectivity index (χ0v) is 10.1. The van der Waals surface area contributed by atoms with E-state index in [1.54, 1.807) is 0 Å². The number of rotatable bonds is 5. The molecule has 0 saturated heterocycles. The average Bonchev–Trinajstić information content (AvgIpc) is 2.81. The van der Waals surface area contributed by atoms with E-state index in [4.69, 9.17) is 5.73 Å². The molecule has 0 aliphatic carbocycles. The van der Waals surface area contributed by atoms with Crippen LogP contribution in [0.3, 0.4) is 0 Å². The second-order valence-electron chi connectivity index (χ2n) is 4.12. The number of H-pyrrole nitrogens is 1.